The highest BCUT2D eigenvalue weighted by molar-refractivity contribution is 5.76. The van der Waals surface area contributed by atoms with Crippen LogP contribution in [0.1, 0.15) is 49.7 Å². The van der Waals surface area contributed by atoms with E-state index in [1.54, 1.807) is 0 Å². The predicted octanol–water partition coefficient (Wildman–Crippen LogP) is 3.09. The fourth-order valence-electron chi connectivity index (χ4n) is 4.50. The molecule has 1 aromatic rings. The van der Waals surface area contributed by atoms with Crippen LogP contribution in [0, 0.1) is 25.7 Å². The van der Waals surface area contributed by atoms with Crippen LogP contribution in [0.5, 0.6) is 5.75 Å². The molecule has 0 radical (unpaired) electrons. The SMILES string of the molecule is Cc1ccc(OCCC(=O)NC2C3CCCC2CC(N)C3)c(C)c1. The largest absolute Gasteiger partial charge is 0.493 e. The Morgan fingerprint density at radius 2 is 1.96 bits per heavy atom. The van der Waals surface area contributed by atoms with Crippen molar-refractivity contribution in [1.82, 2.24) is 5.32 Å². The molecule has 4 heteroatoms. The highest BCUT2D eigenvalue weighted by atomic mass is 16.5. The summed E-state index contributed by atoms with van der Waals surface area (Å²) in [5.74, 6) is 2.11. The normalized spacial score (nSPS) is 29.1. The first-order chi connectivity index (χ1) is 11.5. The van der Waals surface area contributed by atoms with Crippen LogP contribution in [0.4, 0.5) is 0 Å². The summed E-state index contributed by atoms with van der Waals surface area (Å²) in [4.78, 5) is 12.3. The van der Waals surface area contributed by atoms with Gasteiger partial charge in [0, 0.05) is 12.1 Å². The van der Waals surface area contributed by atoms with Crippen molar-refractivity contribution in [3.63, 3.8) is 0 Å². The maximum atomic E-state index is 12.3. The quantitative estimate of drug-likeness (QED) is 0.872. The van der Waals surface area contributed by atoms with E-state index >= 15 is 0 Å². The summed E-state index contributed by atoms with van der Waals surface area (Å²) in [5, 5.41) is 3.28. The van der Waals surface area contributed by atoms with Crippen LogP contribution in [0.2, 0.25) is 0 Å². The fraction of sp³-hybridized carbons (Fsp3) is 0.650. The average Bonchev–Trinajstić information content (AvgIpc) is 2.50. The molecular formula is C20H30N2O2. The number of carbonyl (C=O) groups excluding carboxylic acids is 1. The number of aryl methyl sites for hydroxylation is 2. The highest BCUT2D eigenvalue weighted by Crippen LogP contribution is 2.39. The molecule has 0 aromatic heterocycles. The van der Waals surface area contributed by atoms with Gasteiger partial charge >= 0.3 is 0 Å². The third kappa shape index (κ3) is 4.10. The first-order valence-corrected chi connectivity index (χ1v) is 9.28. The number of fused-ring (bicyclic) bond motifs is 2. The number of hydrogen-bond donors (Lipinski definition) is 2. The van der Waals surface area contributed by atoms with Gasteiger partial charge in [-0.3, -0.25) is 4.79 Å². The molecule has 24 heavy (non-hydrogen) atoms. The molecule has 2 unspecified atom stereocenters. The van der Waals surface area contributed by atoms with E-state index in [4.69, 9.17) is 10.5 Å². The van der Waals surface area contributed by atoms with Crippen molar-refractivity contribution in [2.24, 2.45) is 17.6 Å². The molecule has 2 fully saturated rings. The molecule has 0 saturated heterocycles. The van der Waals surface area contributed by atoms with Gasteiger partial charge in [0.2, 0.25) is 5.91 Å². The lowest BCUT2D eigenvalue weighted by Crippen LogP contribution is -2.53. The van der Waals surface area contributed by atoms with Crippen molar-refractivity contribution in [1.29, 1.82) is 0 Å². The highest BCUT2D eigenvalue weighted by Gasteiger charge is 2.39. The first kappa shape index (κ1) is 17.3. The van der Waals surface area contributed by atoms with Gasteiger partial charge in [-0.15, -0.1) is 0 Å². The molecule has 132 valence electrons. The molecule has 2 aliphatic carbocycles. The Hall–Kier alpha value is -1.55. The second kappa shape index (κ2) is 7.56. The molecule has 4 nitrogen and oxygen atoms in total. The van der Waals surface area contributed by atoms with Crippen LogP contribution < -0.4 is 15.8 Å². The smallest absolute Gasteiger partial charge is 0.223 e. The molecule has 0 spiro atoms. The summed E-state index contributed by atoms with van der Waals surface area (Å²) in [6.07, 6.45) is 6.21. The first-order valence-electron chi connectivity index (χ1n) is 9.28. The molecule has 3 rings (SSSR count). The van der Waals surface area contributed by atoms with Crippen molar-refractivity contribution in [2.45, 2.75) is 64.5 Å². The zero-order chi connectivity index (χ0) is 17.1. The molecule has 2 saturated carbocycles. The van der Waals surface area contributed by atoms with Gasteiger partial charge in [-0.05, 0) is 63.0 Å². The molecule has 0 aliphatic heterocycles. The topological polar surface area (TPSA) is 64.3 Å². The number of hydrogen-bond acceptors (Lipinski definition) is 3. The van der Waals surface area contributed by atoms with Crippen molar-refractivity contribution < 1.29 is 9.53 Å². The fourth-order valence-corrected chi connectivity index (χ4v) is 4.50. The van der Waals surface area contributed by atoms with E-state index in [1.807, 2.05) is 19.1 Å². The van der Waals surface area contributed by atoms with E-state index in [-0.39, 0.29) is 5.91 Å². The maximum absolute atomic E-state index is 12.3. The number of carbonyl (C=O) groups is 1. The summed E-state index contributed by atoms with van der Waals surface area (Å²) < 4.78 is 5.78. The zero-order valence-corrected chi connectivity index (χ0v) is 14.9. The van der Waals surface area contributed by atoms with Gasteiger partial charge in [-0.1, -0.05) is 24.1 Å². The zero-order valence-electron chi connectivity index (χ0n) is 14.9. The Bertz CT molecular complexity index is 573. The summed E-state index contributed by atoms with van der Waals surface area (Å²) in [6.45, 7) is 4.53. The molecular weight excluding hydrogens is 300 g/mol. The molecule has 1 amide bonds. The number of nitrogens with two attached hydrogens (primary N) is 1. The molecule has 3 N–H and O–H groups in total. The van der Waals surface area contributed by atoms with E-state index in [2.05, 4.69) is 18.3 Å². The molecule has 2 atom stereocenters. The van der Waals surface area contributed by atoms with E-state index < -0.39 is 0 Å². The summed E-state index contributed by atoms with van der Waals surface area (Å²) in [6, 6.07) is 6.76. The van der Waals surface area contributed by atoms with Crippen LogP contribution in [0.15, 0.2) is 18.2 Å². The van der Waals surface area contributed by atoms with Crippen LogP contribution in [0.3, 0.4) is 0 Å². The summed E-state index contributed by atoms with van der Waals surface area (Å²) in [5.41, 5.74) is 8.49. The second-order valence-electron chi connectivity index (χ2n) is 7.64. The van der Waals surface area contributed by atoms with Gasteiger partial charge in [0.25, 0.3) is 0 Å². The minimum absolute atomic E-state index is 0.108. The number of benzene rings is 1. The van der Waals surface area contributed by atoms with Crippen molar-refractivity contribution in [3.8, 4) is 5.75 Å². The standard InChI is InChI=1S/C20H30N2O2/c1-13-6-7-18(14(2)10-13)24-9-8-19(23)22-20-15-4-3-5-16(20)12-17(21)11-15/h6-7,10,15-17,20H,3-5,8-9,11-12,21H2,1-2H3,(H,22,23). The Balaban J connectivity index is 1.47. The van der Waals surface area contributed by atoms with Crippen molar-refractivity contribution >= 4 is 5.91 Å². The molecule has 0 heterocycles. The van der Waals surface area contributed by atoms with Crippen LogP contribution in [-0.4, -0.2) is 24.6 Å². The number of amides is 1. The number of nitrogens with one attached hydrogen (secondary N) is 1. The average molecular weight is 330 g/mol. The molecule has 2 aliphatic rings. The van der Waals surface area contributed by atoms with Crippen LogP contribution in [0.25, 0.3) is 0 Å². The van der Waals surface area contributed by atoms with Crippen LogP contribution in [-0.2, 0) is 4.79 Å². The van der Waals surface area contributed by atoms with Gasteiger partial charge < -0.3 is 15.8 Å². The van der Waals surface area contributed by atoms with E-state index in [0.717, 1.165) is 24.2 Å². The Labute approximate surface area is 145 Å². The number of ether oxygens (including phenoxy) is 1. The lowest BCUT2D eigenvalue weighted by molar-refractivity contribution is -0.123. The summed E-state index contributed by atoms with van der Waals surface area (Å²) in [7, 11) is 0. The van der Waals surface area contributed by atoms with E-state index in [0.29, 0.717) is 36.9 Å². The Kier molecular flexibility index (Phi) is 5.44. The third-order valence-electron chi connectivity index (χ3n) is 5.62. The van der Waals surface area contributed by atoms with Crippen LogP contribution >= 0.6 is 0 Å². The van der Waals surface area contributed by atoms with E-state index in [1.165, 1.54) is 24.8 Å². The number of rotatable bonds is 5. The maximum Gasteiger partial charge on any atom is 0.223 e. The summed E-state index contributed by atoms with van der Waals surface area (Å²) >= 11 is 0. The second-order valence-corrected chi connectivity index (χ2v) is 7.64. The van der Waals surface area contributed by atoms with Gasteiger partial charge in [-0.25, -0.2) is 0 Å². The predicted molar refractivity (Wildman–Crippen MR) is 96.0 cm³/mol. The Morgan fingerprint density at radius 1 is 1.25 bits per heavy atom. The van der Waals surface area contributed by atoms with Gasteiger partial charge in [0.1, 0.15) is 5.75 Å². The molecule has 2 bridgehead atoms. The molecule has 1 aromatic carbocycles. The minimum Gasteiger partial charge on any atom is -0.493 e. The monoisotopic (exact) mass is 330 g/mol. The van der Waals surface area contributed by atoms with E-state index in [9.17, 15) is 4.79 Å². The van der Waals surface area contributed by atoms with Crippen molar-refractivity contribution in [2.75, 3.05) is 6.61 Å². The Morgan fingerprint density at radius 3 is 2.62 bits per heavy atom. The van der Waals surface area contributed by atoms with Gasteiger partial charge in [0.05, 0.1) is 13.0 Å². The third-order valence-corrected chi connectivity index (χ3v) is 5.62. The van der Waals surface area contributed by atoms with Gasteiger partial charge in [-0.2, -0.15) is 0 Å². The minimum atomic E-state index is 0.108. The van der Waals surface area contributed by atoms with Crippen molar-refractivity contribution in [3.05, 3.63) is 29.3 Å². The lowest BCUT2D eigenvalue weighted by Gasteiger charge is -2.45. The lowest BCUT2D eigenvalue weighted by atomic mass is 9.67. The van der Waals surface area contributed by atoms with Gasteiger partial charge in [0.15, 0.2) is 0 Å².